The summed E-state index contributed by atoms with van der Waals surface area (Å²) in [6.45, 7) is 3.63. The smallest absolute Gasteiger partial charge is 0.333 e. The minimum atomic E-state index is -0.537. The second kappa shape index (κ2) is 9.33. The number of amides is 1. The van der Waals surface area contributed by atoms with Crippen LogP contribution in [0.2, 0.25) is 5.02 Å². The largest absolute Gasteiger partial charge is 0.495 e. The molecular weight excluding hydrogens is 454 g/mol. The molecule has 0 saturated carbocycles. The van der Waals surface area contributed by atoms with Gasteiger partial charge >= 0.3 is 5.69 Å². The molecule has 1 fully saturated rings. The zero-order valence-electron chi connectivity index (χ0n) is 17.9. The molecule has 11 heteroatoms. The predicted molar refractivity (Wildman–Crippen MR) is 127 cm³/mol. The second-order valence-corrected chi connectivity index (χ2v) is 8.95. The summed E-state index contributed by atoms with van der Waals surface area (Å²) in [6.07, 6.45) is 2.75. The van der Waals surface area contributed by atoms with Crippen LogP contribution in [0.4, 0.5) is 10.8 Å². The molecule has 2 aromatic heterocycles. The lowest BCUT2D eigenvalue weighted by Crippen LogP contribution is -2.41. The van der Waals surface area contributed by atoms with Crippen molar-refractivity contribution in [1.82, 2.24) is 14.1 Å². The Kier molecular flexibility index (Phi) is 6.52. The van der Waals surface area contributed by atoms with Gasteiger partial charge in [-0.3, -0.25) is 18.7 Å². The number of nitrogens with zero attached hydrogens (tertiary/aromatic N) is 4. The first-order valence-corrected chi connectivity index (χ1v) is 11.6. The van der Waals surface area contributed by atoms with Gasteiger partial charge in [0.2, 0.25) is 5.91 Å². The number of halogens is 1. The molecule has 3 aromatic rings. The Morgan fingerprint density at radius 1 is 1.25 bits per heavy atom. The molecule has 3 heterocycles. The molecule has 170 valence electrons. The van der Waals surface area contributed by atoms with E-state index in [0.717, 1.165) is 25.9 Å². The molecule has 1 aliphatic rings. The number of hydrogen-bond acceptors (Lipinski definition) is 7. The van der Waals surface area contributed by atoms with E-state index in [1.165, 1.54) is 27.6 Å². The predicted octanol–water partition coefficient (Wildman–Crippen LogP) is 2.93. The molecule has 0 radical (unpaired) electrons. The minimum Gasteiger partial charge on any atom is -0.495 e. The summed E-state index contributed by atoms with van der Waals surface area (Å²) in [5.41, 5.74) is -0.163. The average Bonchev–Trinajstić information content (AvgIpc) is 3.44. The van der Waals surface area contributed by atoms with Gasteiger partial charge in [0.15, 0.2) is 10.8 Å². The number of thiazole rings is 1. The number of anilines is 2. The number of carbonyl (C=O) groups excluding carboxylic acids is 1. The fourth-order valence-corrected chi connectivity index (χ4v) is 5.09. The second-order valence-electron chi connectivity index (χ2n) is 7.57. The van der Waals surface area contributed by atoms with Crippen molar-refractivity contribution in [3.05, 3.63) is 44.1 Å². The lowest BCUT2D eigenvalue weighted by atomic mass is 10.3. The van der Waals surface area contributed by atoms with E-state index in [2.05, 4.69) is 15.2 Å². The number of aromatic nitrogens is 3. The van der Waals surface area contributed by atoms with E-state index in [1.807, 2.05) is 6.92 Å². The van der Waals surface area contributed by atoms with Gasteiger partial charge in [-0.1, -0.05) is 29.9 Å². The van der Waals surface area contributed by atoms with Crippen molar-refractivity contribution in [3.63, 3.8) is 0 Å². The Balaban J connectivity index is 1.71. The molecule has 1 N–H and O–H groups in total. The van der Waals surface area contributed by atoms with Crippen LogP contribution in [0.15, 0.2) is 27.8 Å². The van der Waals surface area contributed by atoms with Gasteiger partial charge in [0.05, 0.1) is 12.1 Å². The van der Waals surface area contributed by atoms with Crippen LogP contribution >= 0.6 is 22.9 Å². The maximum absolute atomic E-state index is 13.1. The Morgan fingerprint density at radius 3 is 2.66 bits per heavy atom. The number of nitrogens with one attached hydrogen (secondary N) is 1. The monoisotopic (exact) mass is 477 g/mol. The van der Waals surface area contributed by atoms with Crippen LogP contribution in [0.25, 0.3) is 10.3 Å². The molecule has 1 aliphatic heterocycles. The summed E-state index contributed by atoms with van der Waals surface area (Å²) in [7, 11) is 1.51. The topological polar surface area (TPSA) is 98.5 Å². The Bertz CT molecular complexity index is 1280. The zero-order valence-corrected chi connectivity index (χ0v) is 19.5. The third-order valence-electron chi connectivity index (χ3n) is 5.32. The van der Waals surface area contributed by atoms with Crippen LogP contribution in [0.1, 0.15) is 26.2 Å². The molecule has 4 rings (SSSR count). The van der Waals surface area contributed by atoms with E-state index in [0.29, 0.717) is 32.7 Å². The first-order chi connectivity index (χ1) is 15.4. The van der Waals surface area contributed by atoms with Crippen molar-refractivity contribution >= 4 is 50.0 Å². The fourth-order valence-electron chi connectivity index (χ4n) is 3.76. The quantitative estimate of drug-likeness (QED) is 0.561. The normalized spacial score (nSPS) is 13.7. The SMILES string of the molecule is CCCn1c(=O)c2sc(N3CCCC3)nc2n(CC(=O)Nc2ccc(OC)c(Cl)c2)c1=O. The summed E-state index contributed by atoms with van der Waals surface area (Å²) in [5, 5.41) is 3.81. The Hall–Kier alpha value is -2.85. The lowest BCUT2D eigenvalue weighted by molar-refractivity contribution is -0.116. The van der Waals surface area contributed by atoms with Crippen LogP contribution in [-0.4, -0.2) is 40.2 Å². The van der Waals surface area contributed by atoms with Crippen molar-refractivity contribution in [2.75, 3.05) is 30.4 Å². The molecule has 9 nitrogen and oxygen atoms in total. The van der Waals surface area contributed by atoms with E-state index in [1.54, 1.807) is 18.2 Å². The van der Waals surface area contributed by atoms with Gasteiger partial charge in [-0.15, -0.1) is 0 Å². The van der Waals surface area contributed by atoms with Crippen molar-refractivity contribution in [3.8, 4) is 5.75 Å². The summed E-state index contributed by atoms with van der Waals surface area (Å²) in [6, 6.07) is 4.88. The number of rotatable bonds is 7. The number of methoxy groups -OCH3 is 1. The number of ether oxygens (including phenoxy) is 1. The van der Waals surface area contributed by atoms with Gasteiger partial charge in [-0.25, -0.2) is 9.78 Å². The van der Waals surface area contributed by atoms with E-state index in [-0.39, 0.29) is 24.3 Å². The van der Waals surface area contributed by atoms with Gasteiger partial charge in [0.1, 0.15) is 17.0 Å². The first-order valence-electron chi connectivity index (χ1n) is 10.5. The molecule has 0 spiro atoms. The first kappa shape index (κ1) is 22.3. The highest BCUT2D eigenvalue weighted by molar-refractivity contribution is 7.22. The standard InChI is InChI=1S/C21H24ClN5O4S/c1-3-8-26-19(29)17-18(24-20(32-17)25-9-4-5-10-25)27(21(26)30)12-16(28)23-13-6-7-15(31-2)14(22)11-13/h6-7,11H,3-5,8-10,12H2,1-2H3,(H,23,28). The maximum Gasteiger partial charge on any atom is 0.333 e. The molecule has 1 amide bonds. The van der Waals surface area contributed by atoms with Gasteiger partial charge in [-0.2, -0.15) is 0 Å². The van der Waals surface area contributed by atoms with Crippen LogP contribution in [-0.2, 0) is 17.9 Å². The molecular formula is C21H24ClN5O4S. The molecule has 0 atom stereocenters. The van der Waals surface area contributed by atoms with E-state index >= 15 is 0 Å². The average molecular weight is 478 g/mol. The van der Waals surface area contributed by atoms with E-state index < -0.39 is 11.6 Å². The van der Waals surface area contributed by atoms with Gasteiger partial charge < -0.3 is 15.0 Å². The summed E-state index contributed by atoms with van der Waals surface area (Å²) in [4.78, 5) is 45.6. The Morgan fingerprint density at radius 2 is 2.00 bits per heavy atom. The molecule has 32 heavy (non-hydrogen) atoms. The number of benzene rings is 1. The zero-order chi connectivity index (χ0) is 22.8. The van der Waals surface area contributed by atoms with E-state index in [9.17, 15) is 14.4 Å². The number of fused-ring (bicyclic) bond motifs is 1. The fraction of sp³-hybridized carbons (Fsp3) is 0.429. The van der Waals surface area contributed by atoms with Crippen LogP contribution in [0.3, 0.4) is 0 Å². The van der Waals surface area contributed by atoms with Crippen molar-refractivity contribution < 1.29 is 9.53 Å². The molecule has 0 unspecified atom stereocenters. The summed E-state index contributed by atoms with van der Waals surface area (Å²) in [5.74, 6) is 0.0678. The maximum atomic E-state index is 13.1. The third-order valence-corrected chi connectivity index (χ3v) is 6.70. The number of carbonyl (C=O) groups is 1. The number of hydrogen-bond donors (Lipinski definition) is 1. The van der Waals surface area contributed by atoms with Gasteiger partial charge in [0, 0.05) is 25.3 Å². The van der Waals surface area contributed by atoms with Gasteiger partial charge in [-0.05, 0) is 37.5 Å². The highest BCUT2D eigenvalue weighted by atomic mass is 35.5. The third kappa shape index (κ3) is 4.24. The highest BCUT2D eigenvalue weighted by Gasteiger charge is 2.23. The molecule has 1 saturated heterocycles. The summed E-state index contributed by atoms with van der Waals surface area (Å²) < 4.78 is 7.98. The molecule has 0 aliphatic carbocycles. The van der Waals surface area contributed by atoms with Crippen LogP contribution < -0.4 is 26.2 Å². The van der Waals surface area contributed by atoms with Crippen molar-refractivity contribution in [2.45, 2.75) is 39.3 Å². The van der Waals surface area contributed by atoms with Gasteiger partial charge in [0.25, 0.3) is 5.56 Å². The van der Waals surface area contributed by atoms with Crippen molar-refractivity contribution in [2.24, 2.45) is 0 Å². The van der Waals surface area contributed by atoms with Crippen LogP contribution in [0, 0.1) is 0 Å². The minimum absolute atomic E-state index is 0.252. The Labute approximate surface area is 193 Å². The van der Waals surface area contributed by atoms with Crippen molar-refractivity contribution in [1.29, 1.82) is 0 Å². The van der Waals surface area contributed by atoms with E-state index in [4.69, 9.17) is 16.3 Å². The highest BCUT2D eigenvalue weighted by Crippen LogP contribution is 2.29. The lowest BCUT2D eigenvalue weighted by Gasteiger charge is -2.12. The molecule has 1 aromatic carbocycles. The van der Waals surface area contributed by atoms with Crippen LogP contribution in [0.5, 0.6) is 5.75 Å². The molecule has 0 bridgehead atoms. The summed E-state index contributed by atoms with van der Waals surface area (Å²) >= 11 is 7.41.